The molecule has 6 rings (SSSR count). The monoisotopic (exact) mass is 527 g/mol. The lowest BCUT2D eigenvalue weighted by atomic mass is 9.90. The molecule has 2 saturated heterocycles. The van der Waals surface area contributed by atoms with E-state index in [0.29, 0.717) is 24.7 Å². The van der Waals surface area contributed by atoms with Gasteiger partial charge >= 0.3 is 6.09 Å². The normalized spacial score (nSPS) is 23.9. The van der Waals surface area contributed by atoms with E-state index >= 15 is 0 Å². The lowest BCUT2D eigenvalue weighted by Crippen LogP contribution is -2.49. The Balaban J connectivity index is 1.34. The van der Waals surface area contributed by atoms with Crippen molar-refractivity contribution in [1.29, 1.82) is 0 Å². The minimum Gasteiger partial charge on any atom is -0.471 e. The number of carbonyl (C=O) groups is 1. The number of aromatic nitrogens is 4. The van der Waals surface area contributed by atoms with Crippen molar-refractivity contribution in [3.8, 4) is 17.3 Å². The lowest BCUT2D eigenvalue weighted by Gasteiger charge is -2.37. The van der Waals surface area contributed by atoms with Crippen LogP contribution in [0, 0.1) is 5.41 Å². The Labute approximate surface area is 205 Å². The minimum atomic E-state index is -0.906. The van der Waals surface area contributed by atoms with Crippen LogP contribution in [0.4, 0.5) is 4.79 Å². The summed E-state index contributed by atoms with van der Waals surface area (Å²) in [6.07, 6.45) is 8.10. The van der Waals surface area contributed by atoms with Crippen molar-refractivity contribution >= 4 is 32.9 Å². The van der Waals surface area contributed by atoms with Crippen LogP contribution in [0.2, 0.25) is 0 Å². The van der Waals surface area contributed by atoms with Gasteiger partial charge in [-0.15, -0.1) is 0 Å². The number of rotatable bonds is 4. The second-order valence-electron chi connectivity index (χ2n) is 9.47. The first-order valence-electron chi connectivity index (χ1n) is 11.8. The highest BCUT2D eigenvalue weighted by Gasteiger charge is 2.54. The molecule has 2 atom stereocenters. The number of likely N-dealkylation sites (tertiary alicyclic amines) is 1. The first-order chi connectivity index (χ1) is 16.5. The molecule has 4 heterocycles. The molecule has 3 aliphatic rings. The lowest BCUT2D eigenvalue weighted by molar-refractivity contribution is -0.0365. The summed E-state index contributed by atoms with van der Waals surface area (Å²) in [6, 6.07) is 6.09. The number of amides is 1. The molecule has 178 valence electrons. The highest BCUT2D eigenvalue weighted by molar-refractivity contribution is 9.10. The topological polar surface area (TPSA) is 103 Å². The second kappa shape index (κ2) is 8.49. The van der Waals surface area contributed by atoms with Crippen molar-refractivity contribution < 1.29 is 19.4 Å². The predicted molar refractivity (Wildman–Crippen MR) is 128 cm³/mol. The van der Waals surface area contributed by atoms with Crippen molar-refractivity contribution in [2.75, 3.05) is 19.7 Å². The maximum atomic E-state index is 11.5. The summed E-state index contributed by atoms with van der Waals surface area (Å²) in [6.45, 7) is 1.64. The quantitative estimate of drug-likeness (QED) is 0.516. The van der Waals surface area contributed by atoms with Crippen molar-refractivity contribution in [2.45, 2.75) is 50.9 Å². The van der Waals surface area contributed by atoms with Gasteiger partial charge in [0.2, 0.25) is 5.88 Å². The Morgan fingerprint density at radius 1 is 1.24 bits per heavy atom. The van der Waals surface area contributed by atoms with Gasteiger partial charge in [0.1, 0.15) is 17.5 Å². The average Bonchev–Trinajstić information content (AvgIpc) is 3.52. The Morgan fingerprint density at radius 3 is 2.88 bits per heavy atom. The number of halogens is 1. The minimum absolute atomic E-state index is 0.0566. The Bertz CT molecular complexity index is 1240. The zero-order valence-electron chi connectivity index (χ0n) is 18.7. The Morgan fingerprint density at radius 2 is 2.12 bits per heavy atom. The summed E-state index contributed by atoms with van der Waals surface area (Å²) in [7, 11) is 0. The molecule has 3 aromatic rings. The van der Waals surface area contributed by atoms with Gasteiger partial charge < -0.3 is 19.5 Å². The summed E-state index contributed by atoms with van der Waals surface area (Å²) < 4.78 is 15.2. The fourth-order valence-corrected chi connectivity index (χ4v) is 5.54. The van der Waals surface area contributed by atoms with Crippen molar-refractivity contribution in [1.82, 2.24) is 24.6 Å². The van der Waals surface area contributed by atoms with Gasteiger partial charge in [0, 0.05) is 28.4 Å². The third-order valence-electron chi connectivity index (χ3n) is 7.33. The molecule has 1 spiro atoms. The number of hydrogen-bond acceptors (Lipinski definition) is 6. The van der Waals surface area contributed by atoms with E-state index < -0.39 is 6.09 Å². The largest absolute Gasteiger partial charge is 0.471 e. The smallest absolute Gasteiger partial charge is 0.407 e. The molecule has 1 saturated carbocycles. The molecule has 34 heavy (non-hydrogen) atoms. The fraction of sp³-hybridized carbons (Fsp3) is 0.500. The van der Waals surface area contributed by atoms with Gasteiger partial charge in [0.25, 0.3) is 0 Å². The predicted octanol–water partition coefficient (Wildman–Crippen LogP) is 4.87. The van der Waals surface area contributed by atoms with E-state index in [1.807, 2.05) is 22.9 Å². The zero-order chi connectivity index (χ0) is 23.3. The molecule has 1 aromatic carbocycles. The fourth-order valence-electron chi connectivity index (χ4n) is 5.18. The number of hydrogen-bond donors (Lipinski definition) is 1. The molecule has 1 aliphatic carbocycles. The van der Waals surface area contributed by atoms with Gasteiger partial charge in [0.15, 0.2) is 6.23 Å². The van der Waals surface area contributed by atoms with Crippen LogP contribution in [0.3, 0.4) is 0 Å². The second-order valence-corrected chi connectivity index (χ2v) is 10.4. The molecule has 10 heteroatoms. The average molecular weight is 528 g/mol. The molecule has 0 radical (unpaired) electrons. The summed E-state index contributed by atoms with van der Waals surface area (Å²) >= 11 is 3.58. The summed E-state index contributed by atoms with van der Waals surface area (Å²) in [5.74, 6) is 0.396. The molecule has 2 aromatic heterocycles. The van der Waals surface area contributed by atoms with E-state index in [9.17, 15) is 9.90 Å². The number of benzene rings is 1. The van der Waals surface area contributed by atoms with Crippen molar-refractivity contribution in [2.24, 2.45) is 5.41 Å². The van der Waals surface area contributed by atoms with Crippen molar-refractivity contribution in [3.05, 3.63) is 35.1 Å². The van der Waals surface area contributed by atoms with E-state index in [4.69, 9.17) is 19.6 Å². The molecule has 9 nitrogen and oxygen atoms in total. The van der Waals surface area contributed by atoms with Gasteiger partial charge in [-0.2, -0.15) is 5.10 Å². The Kier molecular flexibility index (Phi) is 5.44. The highest BCUT2D eigenvalue weighted by atomic mass is 79.9. The van der Waals surface area contributed by atoms with E-state index in [1.54, 1.807) is 12.4 Å². The van der Waals surface area contributed by atoms with Crippen LogP contribution in [0.1, 0.15) is 44.8 Å². The van der Waals surface area contributed by atoms with Crippen LogP contribution >= 0.6 is 15.9 Å². The standard InChI is InChI=1S/C24H26BrN5O4/c25-15-4-5-18-16(11-15)22(28-30(18)21-3-1-2-10-33-21)17-12-26-13-20(27-17)34-19-14-29(23(31)32)9-8-24(19)6-7-24/h4-5,11-13,19,21H,1-3,6-10,14H2,(H,31,32). The van der Waals surface area contributed by atoms with Crippen LogP contribution < -0.4 is 4.74 Å². The number of nitrogens with zero attached hydrogens (tertiary/aromatic N) is 5. The molecular formula is C24H26BrN5O4. The van der Waals surface area contributed by atoms with E-state index in [-0.39, 0.29) is 17.7 Å². The number of piperidine rings is 1. The van der Waals surface area contributed by atoms with E-state index in [1.165, 1.54) is 4.90 Å². The van der Waals surface area contributed by atoms with Crippen molar-refractivity contribution in [3.63, 3.8) is 0 Å². The van der Waals surface area contributed by atoms with Crippen LogP contribution in [-0.2, 0) is 4.74 Å². The van der Waals surface area contributed by atoms with Crippen LogP contribution in [0.5, 0.6) is 5.88 Å². The first kappa shape index (κ1) is 21.8. The summed E-state index contributed by atoms with van der Waals surface area (Å²) in [5, 5.41) is 15.3. The number of fused-ring (bicyclic) bond motifs is 1. The zero-order valence-corrected chi connectivity index (χ0v) is 20.3. The van der Waals surface area contributed by atoms with Crippen LogP contribution in [0.25, 0.3) is 22.3 Å². The molecule has 2 unspecified atom stereocenters. The maximum Gasteiger partial charge on any atom is 0.407 e. The maximum absolute atomic E-state index is 11.5. The van der Waals surface area contributed by atoms with Gasteiger partial charge in [-0.05, 0) is 56.7 Å². The van der Waals surface area contributed by atoms with Gasteiger partial charge in [0.05, 0.1) is 24.5 Å². The van der Waals surface area contributed by atoms with Gasteiger partial charge in [-0.3, -0.25) is 4.98 Å². The first-order valence-corrected chi connectivity index (χ1v) is 12.6. The van der Waals surface area contributed by atoms with E-state index in [2.05, 4.69) is 20.9 Å². The van der Waals surface area contributed by atoms with Gasteiger partial charge in [-0.1, -0.05) is 15.9 Å². The number of carboxylic acid groups (broad SMARTS) is 1. The molecule has 0 bridgehead atoms. The summed E-state index contributed by atoms with van der Waals surface area (Å²) in [4.78, 5) is 22.1. The Hall–Kier alpha value is -2.72. The SMILES string of the molecule is O=C(O)N1CCC2(CC2)C(Oc2cncc(-c3nn(C4CCCCO4)c4ccc(Br)cc34)n2)C1. The molecule has 1 N–H and O–H groups in total. The van der Waals surface area contributed by atoms with E-state index in [0.717, 1.165) is 66.2 Å². The molecule has 1 amide bonds. The van der Waals surface area contributed by atoms with Crippen LogP contribution in [-0.4, -0.2) is 61.6 Å². The summed E-state index contributed by atoms with van der Waals surface area (Å²) in [5.41, 5.74) is 2.38. The third-order valence-corrected chi connectivity index (χ3v) is 7.82. The molecule has 3 fully saturated rings. The van der Waals surface area contributed by atoms with Gasteiger partial charge in [-0.25, -0.2) is 14.5 Å². The highest BCUT2D eigenvalue weighted by Crippen LogP contribution is 2.54. The third kappa shape index (κ3) is 3.92. The molecular weight excluding hydrogens is 502 g/mol. The number of ether oxygens (including phenoxy) is 2. The molecule has 2 aliphatic heterocycles. The van der Waals surface area contributed by atoms with Crippen LogP contribution in [0.15, 0.2) is 35.1 Å².